The monoisotopic (exact) mass is 429 g/mol. The van der Waals surface area contributed by atoms with Gasteiger partial charge >= 0.3 is 6.03 Å². The van der Waals surface area contributed by atoms with Gasteiger partial charge in [-0.25, -0.2) is 4.79 Å². The first kappa shape index (κ1) is 23.1. The topological polar surface area (TPSA) is 81.1 Å². The molecule has 2 heterocycles. The van der Waals surface area contributed by atoms with E-state index in [1.54, 1.807) is 18.7 Å². The number of likely N-dealkylation sites (N-methyl/N-ethyl adjacent to an activating group) is 1. The molecule has 3 rings (SSSR count). The van der Waals surface area contributed by atoms with Crippen molar-refractivity contribution in [3.63, 3.8) is 0 Å². The quantitative estimate of drug-likeness (QED) is 0.708. The van der Waals surface area contributed by atoms with E-state index >= 15 is 0 Å². The predicted octanol–water partition coefficient (Wildman–Crippen LogP) is 2.43. The molecule has 2 aromatic rings. The van der Waals surface area contributed by atoms with Crippen molar-refractivity contribution in [1.82, 2.24) is 19.3 Å². The zero-order valence-corrected chi connectivity index (χ0v) is 19.1. The summed E-state index contributed by atoms with van der Waals surface area (Å²) in [7, 11) is 0. The first-order valence-corrected chi connectivity index (χ1v) is 11.1. The van der Waals surface area contributed by atoms with Gasteiger partial charge in [0.05, 0.1) is 5.60 Å². The maximum Gasteiger partial charge on any atom is 0.321 e. The molecule has 0 radical (unpaired) electrons. The van der Waals surface area contributed by atoms with Gasteiger partial charge in [-0.15, -0.1) is 0 Å². The molecule has 1 aromatic heterocycles. The van der Waals surface area contributed by atoms with Gasteiger partial charge in [-0.05, 0) is 52.0 Å². The van der Waals surface area contributed by atoms with Crippen LogP contribution in [0.4, 0.5) is 10.5 Å². The van der Waals surface area contributed by atoms with E-state index in [1.807, 2.05) is 53.8 Å². The SMILES string of the molecule is CCN(CC)C(=O)Cn1ccc2cc(NC(=O)N3CCN(CC(C)(C)O)CC3)ccc21. The molecule has 0 spiro atoms. The van der Waals surface area contributed by atoms with Gasteiger partial charge in [0.1, 0.15) is 6.54 Å². The van der Waals surface area contributed by atoms with E-state index in [2.05, 4.69) is 10.2 Å². The number of urea groups is 1. The van der Waals surface area contributed by atoms with Crippen molar-refractivity contribution in [2.45, 2.75) is 39.8 Å². The van der Waals surface area contributed by atoms with Crippen molar-refractivity contribution in [3.05, 3.63) is 30.5 Å². The van der Waals surface area contributed by atoms with E-state index in [1.165, 1.54) is 0 Å². The third kappa shape index (κ3) is 5.98. The van der Waals surface area contributed by atoms with Gasteiger partial charge in [0, 0.05) is 68.6 Å². The summed E-state index contributed by atoms with van der Waals surface area (Å²) in [6.45, 7) is 12.7. The second kappa shape index (κ2) is 9.70. The van der Waals surface area contributed by atoms with Crippen LogP contribution in [0.15, 0.2) is 30.5 Å². The Labute approximate surface area is 184 Å². The summed E-state index contributed by atoms with van der Waals surface area (Å²) >= 11 is 0. The number of benzene rings is 1. The smallest absolute Gasteiger partial charge is 0.321 e. The molecule has 3 amide bonds. The molecule has 1 aromatic carbocycles. The number of β-amino-alcohol motifs (C(OH)–C–C–N with tert-alkyl or cyclic N) is 1. The highest BCUT2D eigenvalue weighted by molar-refractivity contribution is 5.93. The number of hydrogen-bond acceptors (Lipinski definition) is 4. The van der Waals surface area contributed by atoms with Crippen LogP contribution in [0.2, 0.25) is 0 Å². The summed E-state index contributed by atoms with van der Waals surface area (Å²) in [6.07, 6.45) is 1.92. The number of aliphatic hydroxyl groups is 1. The van der Waals surface area contributed by atoms with Crippen LogP contribution >= 0.6 is 0 Å². The minimum absolute atomic E-state index is 0.101. The minimum Gasteiger partial charge on any atom is -0.389 e. The van der Waals surface area contributed by atoms with Crippen molar-refractivity contribution < 1.29 is 14.7 Å². The number of piperazine rings is 1. The Morgan fingerprint density at radius 3 is 2.39 bits per heavy atom. The Kier molecular flexibility index (Phi) is 7.23. The standard InChI is InChI=1S/C23H35N5O3/c1-5-26(6-2)21(29)16-28-10-9-18-15-19(7-8-20(18)28)24-22(30)27-13-11-25(12-14-27)17-23(3,4)31/h7-10,15,31H,5-6,11-14,16-17H2,1-4H3,(H,24,30). The van der Waals surface area contributed by atoms with Gasteiger partial charge < -0.3 is 24.8 Å². The van der Waals surface area contributed by atoms with E-state index < -0.39 is 5.60 Å². The van der Waals surface area contributed by atoms with Crippen LogP contribution in [0.3, 0.4) is 0 Å². The zero-order chi connectivity index (χ0) is 22.6. The average Bonchev–Trinajstić information content (AvgIpc) is 3.10. The van der Waals surface area contributed by atoms with Crippen molar-refractivity contribution in [2.75, 3.05) is 51.1 Å². The molecule has 8 nitrogen and oxygen atoms in total. The van der Waals surface area contributed by atoms with E-state index in [9.17, 15) is 14.7 Å². The first-order valence-electron chi connectivity index (χ1n) is 11.1. The van der Waals surface area contributed by atoms with Gasteiger partial charge in [-0.3, -0.25) is 9.69 Å². The van der Waals surface area contributed by atoms with E-state index in [4.69, 9.17) is 0 Å². The number of aromatic nitrogens is 1. The first-order chi connectivity index (χ1) is 14.7. The third-order valence-corrected chi connectivity index (χ3v) is 5.71. The van der Waals surface area contributed by atoms with Crippen LogP contribution in [0.1, 0.15) is 27.7 Å². The van der Waals surface area contributed by atoms with Gasteiger partial charge in [0.2, 0.25) is 5.91 Å². The van der Waals surface area contributed by atoms with Crippen LogP contribution in [-0.2, 0) is 11.3 Å². The summed E-state index contributed by atoms with van der Waals surface area (Å²) in [5.41, 5.74) is 0.981. The van der Waals surface area contributed by atoms with Crippen LogP contribution < -0.4 is 5.32 Å². The van der Waals surface area contributed by atoms with Crippen LogP contribution in [0, 0.1) is 0 Å². The maximum atomic E-state index is 12.7. The lowest BCUT2D eigenvalue weighted by molar-refractivity contribution is -0.131. The van der Waals surface area contributed by atoms with E-state index in [-0.39, 0.29) is 11.9 Å². The highest BCUT2D eigenvalue weighted by atomic mass is 16.3. The number of rotatable bonds is 7. The summed E-state index contributed by atoms with van der Waals surface area (Å²) in [5, 5.41) is 13.9. The second-order valence-electron chi connectivity index (χ2n) is 8.79. The lowest BCUT2D eigenvalue weighted by Gasteiger charge is -2.37. The summed E-state index contributed by atoms with van der Waals surface area (Å²) in [6, 6.07) is 7.62. The van der Waals surface area contributed by atoms with Gasteiger partial charge in [-0.1, -0.05) is 0 Å². The molecule has 2 N–H and O–H groups in total. The van der Waals surface area contributed by atoms with Crippen molar-refractivity contribution in [1.29, 1.82) is 0 Å². The number of nitrogens with zero attached hydrogens (tertiary/aromatic N) is 4. The fourth-order valence-electron chi connectivity index (χ4n) is 4.10. The molecule has 1 aliphatic heterocycles. The number of carbonyl (C=O) groups excluding carboxylic acids is 2. The van der Waals surface area contributed by atoms with Gasteiger partial charge in [0.15, 0.2) is 0 Å². The Hall–Kier alpha value is -2.58. The molecule has 31 heavy (non-hydrogen) atoms. The molecule has 0 saturated carbocycles. The lowest BCUT2D eigenvalue weighted by atomic mass is 10.1. The molecule has 170 valence electrons. The molecule has 1 fully saturated rings. The zero-order valence-electron chi connectivity index (χ0n) is 19.1. The van der Waals surface area contributed by atoms with Crippen LogP contribution in [0.5, 0.6) is 0 Å². The average molecular weight is 430 g/mol. The molecule has 1 aliphatic rings. The second-order valence-corrected chi connectivity index (χ2v) is 8.79. The maximum absolute atomic E-state index is 12.7. The highest BCUT2D eigenvalue weighted by Crippen LogP contribution is 2.21. The molecule has 1 saturated heterocycles. The van der Waals surface area contributed by atoms with Gasteiger partial charge in [-0.2, -0.15) is 0 Å². The number of fused-ring (bicyclic) bond motifs is 1. The van der Waals surface area contributed by atoms with Crippen molar-refractivity contribution in [3.8, 4) is 0 Å². The molecule has 0 bridgehead atoms. The molecule has 0 unspecified atom stereocenters. The summed E-state index contributed by atoms with van der Waals surface area (Å²) < 4.78 is 1.95. The largest absolute Gasteiger partial charge is 0.389 e. The van der Waals surface area contributed by atoms with Crippen LogP contribution in [-0.4, -0.2) is 87.7 Å². The number of hydrogen-bond donors (Lipinski definition) is 2. The van der Waals surface area contributed by atoms with E-state index in [0.29, 0.717) is 39.3 Å². The molecular formula is C23H35N5O3. The Morgan fingerprint density at radius 1 is 1.10 bits per heavy atom. The fourth-order valence-corrected chi connectivity index (χ4v) is 4.10. The Balaban J connectivity index is 1.59. The molecule has 0 atom stereocenters. The number of anilines is 1. The highest BCUT2D eigenvalue weighted by Gasteiger charge is 2.25. The van der Waals surface area contributed by atoms with Crippen molar-refractivity contribution in [2.24, 2.45) is 0 Å². The molecular weight excluding hydrogens is 394 g/mol. The Morgan fingerprint density at radius 2 is 1.77 bits per heavy atom. The number of amides is 3. The van der Waals surface area contributed by atoms with Crippen molar-refractivity contribution >= 4 is 28.5 Å². The number of carbonyl (C=O) groups is 2. The molecule has 8 heteroatoms. The summed E-state index contributed by atoms with van der Waals surface area (Å²) in [5.74, 6) is 0.101. The predicted molar refractivity (Wildman–Crippen MR) is 123 cm³/mol. The molecule has 0 aliphatic carbocycles. The Bertz CT molecular complexity index is 906. The lowest BCUT2D eigenvalue weighted by Crippen LogP contribution is -2.52. The number of nitrogens with one attached hydrogen (secondary N) is 1. The van der Waals surface area contributed by atoms with Gasteiger partial charge in [0.25, 0.3) is 0 Å². The minimum atomic E-state index is -0.730. The van der Waals surface area contributed by atoms with E-state index in [0.717, 1.165) is 29.7 Å². The normalized spacial score (nSPS) is 15.3. The summed E-state index contributed by atoms with van der Waals surface area (Å²) in [4.78, 5) is 30.9. The fraction of sp³-hybridized carbons (Fsp3) is 0.565. The van der Waals surface area contributed by atoms with Crippen LogP contribution in [0.25, 0.3) is 10.9 Å². The third-order valence-electron chi connectivity index (χ3n) is 5.71.